The molecule has 2 aromatic carbocycles. The molecule has 0 fully saturated rings. The van der Waals surface area contributed by atoms with Crippen LogP contribution >= 0.6 is 0 Å². The zero-order valence-electron chi connectivity index (χ0n) is 19.2. The first kappa shape index (κ1) is 35.4. The Balaban J connectivity index is -0.000000242. The van der Waals surface area contributed by atoms with Gasteiger partial charge in [-0.15, -0.1) is 0 Å². The Morgan fingerprint density at radius 3 is 1.79 bits per heavy atom. The van der Waals surface area contributed by atoms with Gasteiger partial charge < -0.3 is 24.3 Å². The Kier molecular flexibility index (Phi) is 35.7. The summed E-state index contributed by atoms with van der Waals surface area (Å²) in [6.45, 7) is 8.65. The topological polar surface area (TPSA) is 18.5 Å². The van der Waals surface area contributed by atoms with Crippen LogP contribution in [0.25, 0.3) is 0 Å². The Labute approximate surface area is 195 Å². The minimum atomic E-state index is 0. The molecular weight excluding hydrogens is 535 g/mol. The van der Waals surface area contributed by atoms with E-state index >= 15 is 0 Å². The van der Waals surface area contributed by atoms with Crippen molar-refractivity contribution in [3.63, 3.8) is 0 Å². The smallest absolute Gasteiger partial charge is 0.555 e. The largest absolute Gasteiger partial charge is 4.00 e. The fourth-order valence-electron chi connectivity index (χ4n) is 2.24. The van der Waals surface area contributed by atoms with Crippen LogP contribution in [0.3, 0.4) is 0 Å². The quantitative estimate of drug-likeness (QED) is 0.214. The van der Waals surface area contributed by atoms with Crippen LogP contribution in [0.2, 0.25) is 0 Å². The van der Waals surface area contributed by atoms with Crippen LogP contribution in [-0.4, -0.2) is 19.8 Å². The van der Waals surface area contributed by atoms with Gasteiger partial charge >= 0.3 is 19.8 Å². The molecule has 0 saturated carbocycles. The molecular formula is C26H42O2Os. The van der Waals surface area contributed by atoms with E-state index < -0.39 is 0 Å². The monoisotopic (exact) mass is 578 g/mol. The van der Waals surface area contributed by atoms with Gasteiger partial charge in [-0.3, -0.25) is 0 Å². The molecule has 29 heavy (non-hydrogen) atoms. The normalized spacial score (nSPS) is 9.66. The molecule has 0 aliphatic heterocycles. The van der Waals surface area contributed by atoms with Gasteiger partial charge in [0.05, 0.1) is 6.61 Å². The van der Waals surface area contributed by atoms with Gasteiger partial charge in [0, 0.05) is 19.1 Å². The van der Waals surface area contributed by atoms with Crippen LogP contribution in [0.15, 0.2) is 60.7 Å². The summed E-state index contributed by atoms with van der Waals surface area (Å²) in [6.07, 6.45) is 4.65. The molecule has 0 aromatic heterocycles. The molecule has 2 nitrogen and oxygen atoms in total. The number of unbranched alkanes of at least 4 members (excludes halogenated alkanes) is 3. The zero-order chi connectivity index (χ0) is 19.3. The van der Waals surface area contributed by atoms with Crippen molar-refractivity contribution in [2.45, 2.75) is 52.4 Å². The van der Waals surface area contributed by atoms with Crippen molar-refractivity contribution in [1.29, 1.82) is 0 Å². The van der Waals surface area contributed by atoms with Crippen molar-refractivity contribution in [2.75, 3.05) is 19.8 Å². The van der Waals surface area contributed by atoms with Crippen LogP contribution < -0.4 is 0 Å². The Morgan fingerprint density at radius 2 is 1.34 bits per heavy atom. The second-order valence-corrected chi connectivity index (χ2v) is 5.79. The van der Waals surface area contributed by atoms with E-state index in [0.29, 0.717) is 5.92 Å². The van der Waals surface area contributed by atoms with Gasteiger partial charge in [-0.1, -0.05) is 63.9 Å². The summed E-state index contributed by atoms with van der Waals surface area (Å²) >= 11 is 0. The summed E-state index contributed by atoms with van der Waals surface area (Å²) in [5.41, 5.74) is 1.35. The summed E-state index contributed by atoms with van der Waals surface area (Å²) in [6, 6.07) is 23.0. The third-order valence-electron chi connectivity index (χ3n) is 3.67. The summed E-state index contributed by atoms with van der Waals surface area (Å²) in [5, 5.41) is 0. The van der Waals surface area contributed by atoms with Gasteiger partial charge in [0.15, 0.2) is 0 Å². The summed E-state index contributed by atoms with van der Waals surface area (Å²) in [4.78, 5) is 0. The van der Waals surface area contributed by atoms with Crippen LogP contribution in [0.4, 0.5) is 0 Å². The van der Waals surface area contributed by atoms with Gasteiger partial charge in [0.1, 0.15) is 0 Å². The van der Waals surface area contributed by atoms with E-state index in [2.05, 4.69) is 44.4 Å². The van der Waals surface area contributed by atoms with Gasteiger partial charge in [-0.05, 0) is 18.4 Å². The molecule has 0 spiro atoms. The fraction of sp³-hybridized carbons (Fsp3) is 0.423. The van der Waals surface area contributed by atoms with E-state index in [1.807, 2.05) is 50.2 Å². The first-order chi connectivity index (χ1) is 12.8. The number of benzene rings is 2. The molecule has 0 saturated heterocycles. The van der Waals surface area contributed by atoms with Crippen LogP contribution in [-0.2, 0) is 29.3 Å². The van der Waals surface area contributed by atoms with E-state index in [9.17, 15) is 0 Å². The van der Waals surface area contributed by atoms with E-state index in [1.54, 1.807) is 0 Å². The van der Waals surface area contributed by atoms with Gasteiger partial charge in [0.2, 0.25) is 0 Å². The molecule has 0 aliphatic rings. The standard InChI is InChI=1S/C16H25O2.C6H5.C2H6.2CH3.Os/c1-15(16-10-6-5-7-11-16)14-18-13-9-4-3-8-12-17-2;1-2-4-6-5-3-1;1-2;;;/h5-7,10-11,15H,2-4,8-9,12-14H2,1H3;1-5H;1-2H3;2*1H3;/q2*-1;;2*-1;+4. The summed E-state index contributed by atoms with van der Waals surface area (Å²) in [5.74, 6) is 0.478. The first-order valence-electron chi connectivity index (χ1n) is 9.75. The molecule has 0 radical (unpaired) electrons. The van der Waals surface area contributed by atoms with Crippen LogP contribution in [0.5, 0.6) is 0 Å². The Hall–Kier alpha value is -1.00. The number of rotatable bonds is 10. The zero-order valence-corrected chi connectivity index (χ0v) is 21.7. The third-order valence-corrected chi connectivity index (χ3v) is 3.67. The molecule has 2 rings (SSSR count). The maximum absolute atomic E-state index is 5.71. The number of ether oxygens (including phenoxy) is 2. The molecule has 1 unspecified atom stereocenters. The van der Waals surface area contributed by atoms with Gasteiger partial charge in [0.25, 0.3) is 0 Å². The summed E-state index contributed by atoms with van der Waals surface area (Å²) in [7, 11) is 3.36. The van der Waals surface area contributed by atoms with Crippen molar-refractivity contribution >= 4 is 0 Å². The second-order valence-electron chi connectivity index (χ2n) is 5.79. The molecule has 0 aliphatic carbocycles. The SMILES string of the molecule is CC.[CH2-]OCCCCCCOCC(C)c1ccccc1.[CH3-].[CH3-].[Os+4].[c-]1ccccc1. The Bertz CT molecular complexity index is 450. The van der Waals surface area contributed by atoms with Gasteiger partial charge in [-0.25, -0.2) is 7.11 Å². The molecule has 0 bridgehead atoms. The molecule has 3 heteroatoms. The maximum Gasteiger partial charge on any atom is 4.00 e. The molecule has 0 amide bonds. The predicted octanol–water partition coefficient (Wildman–Crippen LogP) is 7.59. The minimum absolute atomic E-state index is 0. The molecule has 2 aromatic rings. The number of hydrogen-bond acceptors (Lipinski definition) is 2. The van der Waals surface area contributed by atoms with E-state index in [4.69, 9.17) is 9.47 Å². The molecule has 166 valence electrons. The minimum Gasteiger partial charge on any atom is -0.555 e. The van der Waals surface area contributed by atoms with E-state index in [1.165, 1.54) is 18.4 Å². The van der Waals surface area contributed by atoms with Crippen molar-refractivity contribution in [1.82, 2.24) is 0 Å². The Morgan fingerprint density at radius 1 is 0.828 bits per heavy atom. The molecule has 0 N–H and O–H groups in total. The molecule has 1 atom stereocenters. The second kappa shape index (κ2) is 29.2. The number of hydrogen-bond donors (Lipinski definition) is 0. The van der Waals surface area contributed by atoms with Gasteiger partial charge in [-0.2, -0.15) is 36.4 Å². The maximum atomic E-state index is 5.71. The fourth-order valence-corrected chi connectivity index (χ4v) is 2.24. The van der Waals surface area contributed by atoms with E-state index in [0.717, 1.165) is 32.7 Å². The first-order valence-corrected chi connectivity index (χ1v) is 9.75. The molecule has 0 heterocycles. The van der Waals surface area contributed by atoms with Crippen LogP contribution in [0.1, 0.15) is 57.9 Å². The van der Waals surface area contributed by atoms with Crippen molar-refractivity contribution in [2.24, 2.45) is 0 Å². The average Bonchev–Trinajstić information content (AvgIpc) is 2.74. The average molecular weight is 577 g/mol. The van der Waals surface area contributed by atoms with Crippen LogP contribution in [0, 0.1) is 28.0 Å². The van der Waals surface area contributed by atoms with Crippen molar-refractivity contribution in [3.05, 3.63) is 94.3 Å². The third kappa shape index (κ3) is 23.1. The van der Waals surface area contributed by atoms with Crippen molar-refractivity contribution < 1.29 is 29.3 Å². The summed E-state index contributed by atoms with van der Waals surface area (Å²) < 4.78 is 10.5. The van der Waals surface area contributed by atoms with Crippen molar-refractivity contribution in [3.8, 4) is 0 Å². The predicted molar refractivity (Wildman–Crippen MR) is 125 cm³/mol. The van der Waals surface area contributed by atoms with E-state index in [-0.39, 0.29) is 34.6 Å².